The summed E-state index contributed by atoms with van der Waals surface area (Å²) in [7, 11) is 0. The molecule has 0 spiro atoms. The number of anilines is 1. The number of carboxylic acids is 1. The van der Waals surface area contributed by atoms with Crippen LogP contribution in [0.5, 0.6) is 0 Å². The van der Waals surface area contributed by atoms with Crippen LogP contribution < -0.4 is 9.62 Å². The molecule has 0 aliphatic heterocycles. The van der Waals surface area contributed by atoms with Gasteiger partial charge in [-0.1, -0.05) is 47.5 Å². The van der Waals surface area contributed by atoms with Gasteiger partial charge in [0, 0.05) is 27.6 Å². The monoisotopic (exact) mass is 500 g/mol. The Morgan fingerprint density at radius 1 is 1.06 bits per heavy atom. The summed E-state index contributed by atoms with van der Waals surface area (Å²) in [5, 5.41) is 13.0. The van der Waals surface area contributed by atoms with E-state index in [0.717, 1.165) is 33.3 Å². The molecule has 5 nitrogen and oxygen atoms in total. The van der Waals surface area contributed by atoms with Crippen LogP contribution in [0.1, 0.15) is 16.7 Å². The summed E-state index contributed by atoms with van der Waals surface area (Å²) in [4.78, 5) is 24.5. The number of hydrogen-bond acceptors (Lipinski definition) is 4. The highest BCUT2D eigenvalue weighted by Crippen LogP contribution is 2.34. The fourth-order valence-electron chi connectivity index (χ4n) is 3.02. The van der Waals surface area contributed by atoms with E-state index in [0.29, 0.717) is 16.6 Å². The normalized spacial score (nSPS) is 10.9. The summed E-state index contributed by atoms with van der Waals surface area (Å²) in [5.74, 6) is -1.18. The van der Waals surface area contributed by atoms with Crippen molar-refractivity contribution in [2.75, 3.05) is 10.8 Å². The van der Waals surface area contributed by atoms with Crippen molar-refractivity contribution in [3.63, 3.8) is 0 Å². The molecule has 0 aromatic heterocycles. The van der Waals surface area contributed by atoms with Gasteiger partial charge in [-0.25, -0.2) is 4.79 Å². The number of halogens is 2. The third-order valence-corrected chi connectivity index (χ3v) is 6.37. The minimum Gasteiger partial charge on any atom is -0.478 e. The van der Waals surface area contributed by atoms with Crippen molar-refractivity contribution in [2.24, 2.45) is 0 Å². The summed E-state index contributed by atoms with van der Waals surface area (Å²) >= 11 is 13.8. The molecular formula is C25H22Cl2N2O3S. The quantitative estimate of drug-likeness (QED) is 0.269. The molecule has 33 heavy (non-hydrogen) atoms. The standard InChI is InChI=1S/C25H22Cl2N2O3S/c1-17-22(27)6-3-7-23(17)29(33-21-11-9-20(26)10-12-21)16-24(30)28-15-19-5-2-4-18(14-19)8-13-25(31)32/h2-14H,15-16H2,1H3,(H,28,30)(H,31,32)/b13-8+. The van der Waals surface area contributed by atoms with Crippen LogP contribution in [0.25, 0.3) is 6.08 Å². The lowest BCUT2D eigenvalue weighted by atomic mass is 10.1. The lowest BCUT2D eigenvalue weighted by Crippen LogP contribution is -2.34. The van der Waals surface area contributed by atoms with Crippen LogP contribution in [0.3, 0.4) is 0 Å². The lowest BCUT2D eigenvalue weighted by molar-refractivity contribution is -0.131. The fourth-order valence-corrected chi connectivity index (χ4v) is 4.30. The van der Waals surface area contributed by atoms with Gasteiger partial charge >= 0.3 is 5.97 Å². The van der Waals surface area contributed by atoms with Crippen molar-refractivity contribution < 1.29 is 14.7 Å². The molecule has 0 fully saturated rings. The van der Waals surface area contributed by atoms with Crippen LogP contribution in [0.4, 0.5) is 5.69 Å². The van der Waals surface area contributed by atoms with Crippen LogP contribution in [0.2, 0.25) is 10.0 Å². The van der Waals surface area contributed by atoms with Gasteiger partial charge in [-0.3, -0.25) is 4.79 Å². The molecule has 8 heteroatoms. The molecule has 1 amide bonds. The number of amides is 1. The topological polar surface area (TPSA) is 69.6 Å². The molecule has 170 valence electrons. The molecule has 0 saturated carbocycles. The summed E-state index contributed by atoms with van der Waals surface area (Å²) < 4.78 is 1.89. The molecule has 0 bridgehead atoms. The number of rotatable bonds is 9. The zero-order chi connectivity index (χ0) is 23.8. The van der Waals surface area contributed by atoms with Crippen LogP contribution in [-0.4, -0.2) is 23.5 Å². The predicted octanol–water partition coefficient (Wildman–Crippen LogP) is 6.23. The van der Waals surface area contributed by atoms with Gasteiger partial charge in [0.05, 0.1) is 5.69 Å². The minimum atomic E-state index is -1.01. The van der Waals surface area contributed by atoms with Gasteiger partial charge in [-0.15, -0.1) is 0 Å². The Labute approximate surface area is 207 Å². The highest BCUT2D eigenvalue weighted by Gasteiger charge is 2.17. The number of nitrogens with zero attached hydrogens (tertiary/aromatic N) is 1. The second-order valence-electron chi connectivity index (χ2n) is 7.16. The number of hydrogen-bond donors (Lipinski definition) is 2. The molecule has 3 aromatic carbocycles. The second-order valence-corrected chi connectivity index (χ2v) is 9.10. The summed E-state index contributed by atoms with van der Waals surface area (Å²) in [6.07, 6.45) is 2.59. The van der Waals surface area contributed by atoms with Crippen molar-refractivity contribution in [1.29, 1.82) is 0 Å². The van der Waals surface area contributed by atoms with Gasteiger partial charge in [0.1, 0.15) is 6.54 Å². The fraction of sp³-hybridized carbons (Fsp3) is 0.120. The van der Waals surface area contributed by atoms with E-state index in [-0.39, 0.29) is 12.5 Å². The van der Waals surface area contributed by atoms with Crippen LogP contribution in [0.15, 0.2) is 77.7 Å². The van der Waals surface area contributed by atoms with Gasteiger partial charge in [0.15, 0.2) is 0 Å². The van der Waals surface area contributed by atoms with E-state index in [1.807, 2.05) is 59.8 Å². The van der Waals surface area contributed by atoms with Crippen molar-refractivity contribution in [3.8, 4) is 0 Å². The maximum atomic E-state index is 12.8. The van der Waals surface area contributed by atoms with Crippen molar-refractivity contribution in [1.82, 2.24) is 5.32 Å². The first kappa shape index (κ1) is 24.7. The van der Waals surface area contributed by atoms with E-state index >= 15 is 0 Å². The Balaban J connectivity index is 1.72. The number of aliphatic carboxylic acids is 1. The van der Waals surface area contributed by atoms with Gasteiger partial charge in [-0.2, -0.15) is 0 Å². The molecule has 0 aliphatic rings. The first-order valence-electron chi connectivity index (χ1n) is 10.0. The van der Waals surface area contributed by atoms with Crippen LogP contribution in [-0.2, 0) is 16.1 Å². The average molecular weight is 501 g/mol. The molecule has 0 unspecified atom stereocenters. The van der Waals surface area contributed by atoms with Crippen LogP contribution >= 0.6 is 35.1 Å². The number of carbonyl (C=O) groups excluding carboxylic acids is 1. The van der Waals surface area contributed by atoms with Gasteiger partial charge in [0.25, 0.3) is 0 Å². The van der Waals surface area contributed by atoms with Crippen molar-refractivity contribution in [2.45, 2.75) is 18.4 Å². The zero-order valence-corrected chi connectivity index (χ0v) is 20.1. The second kappa shape index (κ2) is 11.8. The van der Waals surface area contributed by atoms with E-state index in [9.17, 15) is 9.59 Å². The zero-order valence-electron chi connectivity index (χ0n) is 17.8. The molecular weight excluding hydrogens is 479 g/mol. The Hall–Kier alpha value is -2.93. The number of carboxylic acid groups (broad SMARTS) is 1. The third-order valence-electron chi connectivity index (χ3n) is 4.68. The van der Waals surface area contributed by atoms with E-state index in [4.69, 9.17) is 28.3 Å². The van der Waals surface area contributed by atoms with Gasteiger partial charge in [-0.05, 0) is 84.1 Å². The first-order valence-corrected chi connectivity index (χ1v) is 11.6. The summed E-state index contributed by atoms with van der Waals surface area (Å²) in [6.45, 7) is 2.34. The molecule has 0 aliphatic carbocycles. The summed E-state index contributed by atoms with van der Waals surface area (Å²) in [5.41, 5.74) is 3.34. The predicted molar refractivity (Wildman–Crippen MR) is 136 cm³/mol. The molecule has 3 rings (SSSR count). The minimum absolute atomic E-state index is 0.104. The van der Waals surface area contributed by atoms with E-state index in [1.165, 1.54) is 18.0 Å². The van der Waals surface area contributed by atoms with E-state index < -0.39 is 5.97 Å². The van der Waals surface area contributed by atoms with E-state index in [1.54, 1.807) is 18.2 Å². The Kier molecular flexibility index (Phi) is 8.83. The maximum absolute atomic E-state index is 12.8. The van der Waals surface area contributed by atoms with E-state index in [2.05, 4.69) is 5.32 Å². The van der Waals surface area contributed by atoms with Gasteiger partial charge < -0.3 is 14.7 Å². The summed E-state index contributed by atoms with van der Waals surface area (Å²) in [6, 6.07) is 20.3. The lowest BCUT2D eigenvalue weighted by Gasteiger charge is -2.25. The van der Waals surface area contributed by atoms with Gasteiger partial charge in [0.2, 0.25) is 5.91 Å². The molecule has 2 N–H and O–H groups in total. The largest absolute Gasteiger partial charge is 0.478 e. The van der Waals surface area contributed by atoms with Crippen molar-refractivity contribution in [3.05, 3.63) is 99.5 Å². The molecule has 0 heterocycles. The highest BCUT2D eigenvalue weighted by molar-refractivity contribution is 8.00. The Morgan fingerprint density at radius 3 is 2.52 bits per heavy atom. The maximum Gasteiger partial charge on any atom is 0.328 e. The molecule has 0 atom stereocenters. The first-order chi connectivity index (χ1) is 15.8. The average Bonchev–Trinajstić information content (AvgIpc) is 2.79. The molecule has 0 radical (unpaired) electrons. The Morgan fingerprint density at radius 2 is 1.79 bits per heavy atom. The Bertz CT molecular complexity index is 1170. The number of benzene rings is 3. The molecule has 0 saturated heterocycles. The number of nitrogens with one attached hydrogen (secondary N) is 1. The van der Waals surface area contributed by atoms with Crippen molar-refractivity contribution >= 4 is 58.8 Å². The highest BCUT2D eigenvalue weighted by atomic mass is 35.5. The smallest absolute Gasteiger partial charge is 0.328 e. The molecule has 3 aromatic rings. The third kappa shape index (κ3) is 7.56. The number of carbonyl (C=O) groups is 2. The van der Waals surface area contributed by atoms with Crippen LogP contribution in [0, 0.1) is 6.92 Å². The SMILES string of the molecule is Cc1c(Cl)cccc1N(CC(=O)NCc1cccc(/C=C/C(=O)O)c1)Sc1ccc(Cl)cc1.